The van der Waals surface area contributed by atoms with Crippen molar-refractivity contribution in [2.75, 3.05) is 39.6 Å². The number of phosphoric acid groups is 2. The van der Waals surface area contributed by atoms with Crippen molar-refractivity contribution in [3.8, 4) is 0 Å². The highest BCUT2D eigenvalue weighted by Crippen LogP contribution is 2.45. The Hall–Kier alpha value is -1.94. The minimum absolute atomic E-state index is 0.108. The highest BCUT2D eigenvalue weighted by atomic mass is 31.2. The molecule has 98 heavy (non-hydrogen) atoms. The van der Waals surface area contributed by atoms with Crippen LogP contribution in [0, 0.1) is 5.92 Å². The summed E-state index contributed by atoms with van der Waals surface area (Å²) in [6.07, 6.45) is 62.3. The quantitative estimate of drug-likeness (QED) is 0.0222. The van der Waals surface area contributed by atoms with Gasteiger partial charge in [0, 0.05) is 25.7 Å². The van der Waals surface area contributed by atoms with Crippen molar-refractivity contribution >= 4 is 39.5 Å². The van der Waals surface area contributed by atoms with Crippen LogP contribution in [0.3, 0.4) is 0 Å². The average Bonchev–Trinajstić information content (AvgIpc) is 1.11. The molecule has 0 heterocycles. The second-order valence-corrected chi connectivity index (χ2v) is 31.8. The third kappa shape index (κ3) is 72.4. The van der Waals surface area contributed by atoms with Crippen LogP contribution in [0.2, 0.25) is 0 Å². The normalized spacial score (nSPS) is 13.9. The van der Waals surface area contributed by atoms with Crippen molar-refractivity contribution in [1.29, 1.82) is 0 Å². The third-order valence-electron chi connectivity index (χ3n) is 18.5. The molecule has 0 aliphatic carbocycles. The lowest BCUT2D eigenvalue weighted by Gasteiger charge is -2.21. The van der Waals surface area contributed by atoms with E-state index in [0.717, 1.165) is 95.8 Å². The van der Waals surface area contributed by atoms with Gasteiger partial charge in [-0.1, -0.05) is 369 Å². The molecule has 0 amide bonds. The van der Waals surface area contributed by atoms with Crippen molar-refractivity contribution in [2.45, 2.75) is 438 Å². The van der Waals surface area contributed by atoms with Gasteiger partial charge in [-0.05, 0) is 31.6 Å². The molecule has 0 aliphatic rings. The lowest BCUT2D eigenvalue weighted by Crippen LogP contribution is -2.30. The highest BCUT2D eigenvalue weighted by Gasteiger charge is 2.30. The van der Waals surface area contributed by atoms with Crippen molar-refractivity contribution < 1.29 is 80.2 Å². The van der Waals surface area contributed by atoms with Crippen LogP contribution in [0.25, 0.3) is 0 Å². The summed E-state index contributed by atoms with van der Waals surface area (Å²) >= 11 is 0. The molecule has 0 aliphatic heterocycles. The van der Waals surface area contributed by atoms with E-state index in [1.54, 1.807) is 0 Å². The van der Waals surface area contributed by atoms with Crippen LogP contribution in [-0.4, -0.2) is 96.7 Å². The van der Waals surface area contributed by atoms with Gasteiger partial charge in [-0.2, -0.15) is 0 Å². The van der Waals surface area contributed by atoms with Gasteiger partial charge in [-0.25, -0.2) is 9.13 Å². The molecule has 2 unspecified atom stereocenters. The van der Waals surface area contributed by atoms with Gasteiger partial charge in [0.1, 0.15) is 19.3 Å². The summed E-state index contributed by atoms with van der Waals surface area (Å²) in [7, 11) is -9.91. The lowest BCUT2D eigenvalue weighted by atomic mass is 10.0. The van der Waals surface area contributed by atoms with E-state index >= 15 is 0 Å². The van der Waals surface area contributed by atoms with E-state index in [-0.39, 0.29) is 25.7 Å². The van der Waals surface area contributed by atoms with Crippen molar-refractivity contribution in [3.05, 3.63) is 0 Å². The average molecular weight is 1440 g/mol. The monoisotopic (exact) mass is 1440 g/mol. The minimum atomic E-state index is -4.96. The van der Waals surface area contributed by atoms with Crippen molar-refractivity contribution in [2.24, 2.45) is 5.92 Å². The number of unbranched alkanes of at least 4 members (excludes halogenated alkanes) is 51. The number of hydrogen-bond acceptors (Lipinski definition) is 15. The Balaban J connectivity index is 5.23. The predicted molar refractivity (Wildman–Crippen MR) is 400 cm³/mol. The summed E-state index contributed by atoms with van der Waals surface area (Å²) in [4.78, 5) is 72.9. The molecule has 0 bridgehead atoms. The molecule has 19 heteroatoms. The lowest BCUT2D eigenvalue weighted by molar-refractivity contribution is -0.161. The molecule has 0 aromatic carbocycles. The van der Waals surface area contributed by atoms with Crippen LogP contribution >= 0.6 is 15.6 Å². The first-order chi connectivity index (χ1) is 47.5. The SMILES string of the molecule is CCCCCCCCCCCCCCCCCCCCCC(=O)O[C@H](COC(=O)CCCCCCCCCCCCCCC(C)C)COP(=O)(O)OC[C@@H](O)COP(=O)(O)OC[C@@H](COC(=O)CCCCCCCCCCCC)OC(=O)CCCCCCCCCCCCCCCC. The molecule has 0 fully saturated rings. The molecule has 582 valence electrons. The number of aliphatic hydroxyl groups is 1. The van der Waals surface area contributed by atoms with E-state index in [0.29, 0.717) is 25.7 Å². The van der Waals surface area contributed by atoms with E-state index in [4.69, 9.17) is 37.0 Å². The smallest absolute Gasteiger partial charge is 0.462 e. The van der Waals surface area contributed by atoms with Gasteiger partial charge < -0.3 is 33.8 Å². The van der Waals surface area contributed by atoms with E-state index in [9.17, 15) is 43.2 Å². The predicted octanol–water partition coefficient (Wildman–Crippen LogP) is 23.6. The van der Waals surface area contributed by atoms with Gasteiger partial charge in [0.15, 0.2) is 12.2 Å². The number of hydrogen-bond donors (Lipinski definition) is 3. The molecular weight excluding hydrogens is 1280 g/mol. The molecule has 0 spiro atoms. The fourth-order valence-electron chi connectivity index (χ4n) is 12.2. The first-order valence-corrected chi connectivity index (χ1v) is 44.1. The molecule has 0 aromatic heterocycles. The zero-order valence-corrected chi connectivity index (χ0v) is 65.7. The van der Waals surface area contributed by atoms with Gasteiger partial charge in [0.05, 0.1) is 26.4 Å². The fraction of sp³-hybridized carbons (Fsp3) is 0.949. The molecule has 0 saturated heterocycles. The second kappa shape index (κ2) is 72.0. The van der Waals surface area contributed by atoms with Crippen LogP contribution < -0.4 is 0 Å². The number of ether oxygens (including phenoxy) is 4. The molecule has 3 N–H and O–H groups in total. The summed E-state index contributed by atoms with van der Waals surface area (Å²) in [6, 6.07) is 0. The summed E-state index contributed by atoms with van der Waals surface area (Å²) in [5, 5.41) is 10.6. The maximum absolute atomic E-state index is 13.1. The zero-order valence-electron chi connectivity index (χ0n) is 63.9. The Morgan fingerprint density at radius 2 is 0.469 bits per heavy atom. The van der Waals surface area contributed by atoms with Gasteiger partial charge in [0.25, 0.3) is 0 Å². The number of phosphoric ester groups is 2. The Labute approximate surface area is 600 Å². The maximum Gasteiger partial charge on any atom is 0.472 e. The molecule has 0 rings (SSSR count). The fourth-order valence-corrected chi connectivity index (χ4v) is 13.8. The van der Waals surface area contributed by atoms with Crippen LogP contribution in [0.4, 0.5) is 0 Å². The van der Waals surface area contributed by atoms with Crippen LogP contribution in [0.1, 0.15) is 420 Å². The Morgan fingerprint density at radius 3 is 0.694 bits per heavy atom. The van der Waals surface area contributed by atoms with Crippen molar-refractivity contribution in [3.63, 3.8) is 0 Å². The van der Waals surface area contributed by atoms with Gasteiger partial charge in [-0.15, -0.1) is 0 Å². The van der Waals surface area contributed by atoms with Crippen LogP contribution in [0.5, 0.6) is 0 Å². The molecule has 0 saturated carbocycles. The number of carbonyl (C=O) groups is 4. The van der Waals surface area contributed by atoms with E-state index < -0.39 is 97.5 Å². The summed E-state index contributed by atoms with van der Waals surface area (Å²) in [6.45, 7) is 7.33. The first kappa shape index (κ1) is 96.1. The number of aliphatic hydroxyl groups excluding tert-OH is 1. The number of carbonyl (C=O) groups excluding carboxylic acids is 4. The molecule has 0 aromatic rings. The van der Waals surface area contributed by atoms with Crippen molar-refractivity contribution in [1.82, 2.24) is 0 Å². The number of esters is 4. The molecular formula is C79H154O17P2. The van der Waals surface area contributed by atoms with Gasteiger partial charge >= 0.3 is 39.5 Å². The summed E-state index contributed by atoms with van der Waals surface area (Å²) < 4.78 is 68.6. The third-order valence-corrected chi connectivity index (χ3v) is 20.4. The van der Waals surface area contributed by atoms with Crippen LogP contribution in [0.15, 0.2) is 0 Å². The van der Waals surface area contributed by atoms with E-state index in [1.807, 2.05) is 0 Å². The maximum atomic E-state index is 13.1. The standard InChI is InChI=1S/C79H154O17P2/c1-6-9-12-15-18-21-24-26-28-29-30-31-32-34-40-45-50-55-60-65-79(84)96-75(69-90-77(82)63-58-53-48-43-38-36-35-37-41-46-51-56-61-72(4)5)71-94-98(87,88)92-67-73(80)66-91-97(85,86)93-70-74(68-89-76(81)62-57-52-47-42-23-20-17-14-11-8-3)95-78(83)64-59-54-49-44-39-33-27-25-22-19-16-13-10-7-2/h72-75,80H,6-71H2,1-5H3,(H,85,86)(H,87,88)/t73-,74+,75+/m0/s1. The topological polar surface area (TPSA) is 237 Å². The summed E-state index contributed by atoms with van der Waals surface area (Å²) in [5.74, 6) is -1.33. The van der Waals surface area contributed by atoms with E-state index in [1.165, 1.54) is 244 Å². The van der Waals surface area contributed by atoms with E-state index in [2.05, 4.69) is 34.6 Å². The largest absolute Gasteiger partial charge is 0.472 e. The minimum Gasteiger partial charge on any atom is -0.462 e. The molecule has 17 nitrogen and oxygen atoms in total. The zero-order chi connectivity index (χ0) is 71.9. The first-order valence-electron chi connectivity index (χ1n) is 41.1. The Bertz CT molecular complexity index is 1870. The second-order valence-electron chi connectivity index (χ2n) is 28.9. The Kier molecular flexibility index (Phi) is 70.6. The molecule has 5 atom stereocenters. The van der Waals surface area contributed by atoms with Crippen LogP contribution in [-0.2, 0) is 65.4 Å². The van der Waals surface area contributed by atoms with Gasteiger partial charge in [0.2, 0.25) is 0 Å². The number of rotatable bonds is 79. The Morgan fingerprint density at radius 1 is 0.276 bits per heavy atom. The highest BCUT2D eigenvalue weighted by molar-refractivity contribution is 7.47. The molecule has 0 radical (unpaired) electrons. The summed E-state index contributed by atoms with van der Waals surface area (Å²) in [5.41, 5.74) is 0. The van der Waals surface area contributed by atoms with Gasteiger partial charge in [-0.3, -0.25) is 37.3 Å².